The Hall–Kier alpha value is -2.35. The number of esters is 1. The number of benzene rings is 2. The molecule has 142 valence electrons. The van der Waals surface area contributed by atoms with Crippen molar-refractivity contribution < 1.29 is 9.53 Å². The molecule has 2 aromatic rings. The highest BCUT2D eigenvalue weighted by Gasteiger charge is 2.37. The van der Waals surface area contributed by atoms with E-state index < -0.39 is 0 Å². The van der Waals surface area contributed by atoms with Gasteiger partial charge in [0.15, 0.2) is 0 Å². The molecular formula is C25H30O2. The zero-order valence-electron chi connectivity index (χ0n) is 17.3. The van der Waals surface area contributed by atoms with E-state index in [9.17, 15) is 4.79 Å². The van der Waals surface area contributed by atoms with Gasteiger partial charge in [0.05, 0.1) is 5.56 Å². The van der Waals surface area contributed by atoms with Gasteiger partial charge in [-0.3, -0.25) is 0 Å². The number of fused-ring (bicyclic) bond motifs is 1. The molecule has 0 unspecified atom stereocenters. The molecule has 1 aliphatic rings. The van der Waals surface area contributed by atoms with Crippen molar-refractivity contribution in [2.24, 2.45) is 0 Å². The van der Waals surface area contributed by atoms with Crippen molar-refractivity contribution in [3.8, 4) is 0 Å². The lowest BCUT2D eigenvalue weighted by molar-refractivity contribution is 0.0690. The summed E-state index contributed by atoms with van der Waals surface area (Å²) in [5, 5.41) is 0. The van der Waals surface area contributed by atoms with Crippen LogP contribution < -0.4 is 0 Å². The molecule has 2 heteroatoms. The first-order valence-electron chi connectivity index (χ1n) is 9.72. The lowest BCUT2D eigenvalue weighted by Crippen LogP contribution is -2.33. The first kappa shape index (κ1) is 19.4. The highest BCUT2D eigenvalue weighted by Crippen LogP contribution is 2.46. The molecule has 0 saturated carbocycles. The van der Waals surface area contributed by atoms with Crippen LogP contribution in [0.3, 0.4) is 0 Å². The van der Waals surface area contributed by atoms with Gasteiger partial charge in [-0.1, -0.05) is 58.0 Å². The molecule has 2 aromatic carbocycles. The third-order valence-electron chi connectivity index (χ3n) is 5.77. The summed E-state index contributed by atoms with van der Waals surface area (Å²) in [7, 11) is 0. The molecule has 2 nitrogen and oxygen atoms in total. The Morgan fingerprint density at radius 3 is 2.00 bits per heavy atom. The number of rotatable bonds is 3. The van der Waals surface area contributed by atoms with Gasteiger partial charge in [-0.25, -0.2) is 4.79 Å². The Labute approximate surface area is 163 Å². The molecule has 0 amide bonds. The van der Waals surface area contributed by atoms with Gasteiger partial charge in [0.1, 0.15) is 5.76 Å². The third kappa shape index (κ3) is 3.85. The van der Waals surface area contributed by atoms with E-state index in [1.54, 1.807) is 12.1 Å². The first-order valence-corrected chi connectivity index (χ1v) is 9.72. The first-order chi connectivity index (χ1) is 12.6. The maximum absolute atomic E-state index is 12.6. The van der Waals surface area contributed by atoms with Crippen LogP contribution in [0.2, 0.25) is 0 Å². The van der Waals surface area contributed by atoms with Crippen molar-refractivity contribution in [3.05, 3.63) is 76.4 Å². The molecule has 0 heterocycles. The molecule has 27 heavy (non-hydrogen) atoms. The van der Waals surface area contributed by atoms with E-state index in [4.69, 9.17) is 4.74 Å². The van der Waals surface area contributed by atoms with Crippen LogP contribution in [0.25, 0.3) is 5.76 Å². The Bertz CT molecular complexity index is 882. The maximum Gasteiger partial charge on any atom is 0.343 e. The summed E-state index contributed by atoms with van der Waals surface area (Å²) in [4.78, 5) is 12.6. The third-order valence-corrected chi connectivity index (χ3v) is 5.77. The number of carbonyl (C=O) groups is 1. The fourth-order valence-corrected chi connectivity index (χ4v) is 3.91. The highest BCUT2D eigenvalue weighted by molar-refractivity contribution is 5.93. The molecule has 1 aliphatic carbocycles. The Morgan fingerprint density at radius 2 is 1.41 bits per heavy atom. The van der Waals surface area contributed by atoms with Crippen molar-refractivity contribution in [1.29, 1.82) is 0 Å². The average Bonchev–Trinajstić information content (AvgIpc) is 2.63. The van der Waals surface area contributed by atoms with Crippen LogP contribution in [0, 0.1) is 0 Å². The number of hydrogen-bond acceptors (Lipinski definition) is 2. The van der Waals surface area contributed by atoms with E-state index in [1.807, 2.05) is 32.0 Å². The quantitative estimate of drug-likeness (QED) is 0.452. The highest BCUT2D eigenvalue weighted by atomic mass is 16.5. The molecular weight excluding hydrogens is 332 g/mol. The predicted molar refractivity (Wildman–Crippen MR) is 112 cm³/mol. The monoisotopic (exact) mass is 362 g/mol. The van der Waals surface area contributed by atoms with Crippen LogP contribution >= 0.6 is 0 Å². The van der Waals surface area contributed by atoms with E-state index in [0.717, 1.165) is 17.6 Å². The Kier molecular flexibility index (Phi) is 5.03. The SMILES string of the molecule is CC(C)=C(OC(=O)c1ccccc1)c1ccc2c(c1)C(C)(C)CCC2(C)C. The summed E-state index contributed by atoms with van der Waals surface area (Å²) in [6, 6.07) is 15.7. The van der Waals surface area contributed by atoms with Gasteiger partial charge >= 0.3 is 5.97 Å². The molecule has 0 bridgehead atoms. The van der Waals surface area contributed by atoms with Crippen LogP contribution in [-0.2, 0) is 15.6 Å². The van der Waals surface area contributed by atoms with Gasteiger partial charge in [-0.15, -0.1) is 0 Å². The normalized spacial score (nSPS) is 17.0. The average molecular weight is 363 g/mol. The summed E-state index contributed by atoms with van der Waals surface area (Å²) < 4.78 is 5.84. The number of ether oxygens (including phenoxy) is 1. The molecule has 3 rings (SSSR count). The molecule has 0 N–H and O–H groups in total. The van der Waals surface area contributed by atoms with E-state index in [-0.39, 0.29) is 16.8 Å². The van der Waals surface area contributed by atoms with Gasteiger partial charge in [0.25, 0.3) is 0 Å². The molecule has 0 spiro atoms. The molecule has 0 radical (unpaired) electrons. The molecule has 0 atom stereocenters. The summed E-state index contributed by atoms with van der Waals surface area (Å²) >= 11 is 0. The fraction of sp³-hybridized carbons (Fsp3) is 0.400. The van der Waals surface area contributed by atoms with Gasteiger partial charge in [0, 0.05) is 5.56 Å². The van der Waals surface area contributed by atoms with Crippen LogP contribution in [0.1, 0.15) is 81.4 Å². The van der Waals surface area contributed by atoms with Crippen LogP contribution in [0.5, 0.6) is 0 Å². The topological polar surface area (TPSA) is 26.3 Å². The lowest BCUT2D eigenvalue weighted by atomic mass is 9.63. The molecule has 0 fully saturated rings. The van der Waals surface area contributed by atoms with Gasteiger partial charge in [-0.2, -0.15) is 0 Å². The largest absolute Gasteiger partial charge is 0.422 e. The zero-order valence-corrected chi connectivity index (χ0v) is 17.3. The van der Waals surface area contributed by atoms with E-state index in [1.165, 1.54) is 17.5 Å². The van der Waals surface area contributed by atoms with Gasteiger partial charge in [0.2, 0.25) is 0 Å². The molecule has 0 aliphatic heterocycles. The van der Waals surface area contributed by atoms with Crippen molar-refractivity contribution in [2.75, 3.05) is 0 Å². The van der Waals surface area contributed by atoms with E-state index >= 15 is 0 Å². The van der Waals surface area contributed by atoms with Crippen molar-refractivity contribution in [2.45, 2.75) is 65.2 Å². The summed E-state index contributed by atoms with van der Waals surface area (Å²) in [6.45, 7) is 13.2. The molecule has 0 saturated heterocycles. The predicted octanol–water partition coefficient (Wildman–Crippen LogP) is 6.64. The smallest absolute Gasteiger partial charge is 0.343 e. The maximum atomic E-state index is 12.6. The number of allylic oxidation sites excluding steroid dienone is 1. The van der Waals surface area contributed by atoms with Crippen LogP contribution in [-0.4, -0.2) is 5.97 Å². The minimum absolute atomic E-state index is 0.122. The minimum atomic E-state index is -0.316. The summed E-state index contributed by atoms with van der Waals surface area (Å²) in [5.41, 5.74) is 5.61. The van der Waals surface area contributed by atoms with Crippen molar-refractivity contribution in [3.63, 3.8) is 0 Å². The minimum Gasteiger partial charge on any atom is -0.422 e. The zero-order chi connectivity index (χ0) is 19.8. The summed E-state index contributed by atoms with van der Waals surface area (Å²) in [5.74, 6) is 0.343. The van der Waals surface area contributed by atoms with E-state index in [2.05, 4.69) is 45.9 Å². The second-order valence-corrected chi connectivity index (χ2v) is 9.11. The lowest BCUT2D eigenvalue weighted by Gasteiger charge is -2.42. The number of hydrogen-bond donors (Lipinski definition) is 0. The second-order valence-electron chi connectivity index (χ2n) is 9.11. The van der Waals surface area contributed by atoms with Crippen LogP contribution in [0.15, 0.2) is 54.1 Å². The van der Waals surface area contributed by atoms with Gasteiger partial charge in [-0.05, 0) is 72.4 Å². The second kappa shape index (κ2) is 6.99. The summed E-state index contributed by atoms with van der Waals surface area (Å²) in [6.07, 6.45) is 2.34. The van der Waals surface area contributed by atoms with E-state index in [0.29, 0.717) is 11.3 Å². The Morgan fingerprint density at radius 1 is 0.815 bits per heavy atom. The van der Waals surface area contributed by atoms with Crippen molar-refractivity contribution in [1.82, 2.24) is 0 Å². The van der Waals surface area contributed by atoms with Gasteiger partial charge < -0.3 is 4.74 Å². The van der Waals surface area contributed by atoms with Crippen LogP contribution in [0.4, 0.5) is 0 Å². The van der Waals surface area contributed by atoms with Crippen molar-refractivity contribution >= 4 is 11.7 Å². The Balaban J connectivity index is 2.01. The number of carbonyl (C=O) groups excluding carboxylic acids is 1. The molecule has 0 aromatic heterocycles. The fourth-order valence-electron chi connectivity index (χ4n) is 3.91. The standard InChI is InChI=1S/C25H30O2/c1-17(2)22(27-23(26)18-10-8-7-9-11-18)19-12-13-20-21(16-19)25(5,6)15-14-24(20,3)4/h7-13,16H,14-15H2,1-6H3.